The van der Waals surface area contributed by atoms with Crippen molar-refractivity contribution in [3.8, 4) is 17.2 Å². The molecule has 1 aromatic carbocycles. The lowest BCUT2D eigenvalue weighted by molar-refractivity contribution is 0.602. The molecule has 3 aromatic heterocycles. The minimum Gasteiger partial charge on any atom is -0.326 e. The number of rotatable bonds is 6. The molecular formula is C20H19F2N7OS. The van der Waals surface area contributed by atoms with E-state index in [-0.39, 0.29) is 16.8 Å². The molecule has 0 saturated carbocycles. The molecule has 0 spiro atoms. The van der Waals surface area contributed by atoms with Crippen molar-refractivity contribution < 1.29 is 13.0 Å². The van der Waals surface area contributed by atoms with E-state index in [9.17, 15) is 13.0 Å². The molecule has 1 atom stereocenters. The van der Waals surface area contributed by atoms with E-state index < -0.39 is 21.5 Å². The molecule has 0 saturated heterocycles. The second-order valence-electron chi connectivity index (χ2n) is 7.04. The fraction of sp³-hybridized carbons (Fsp3) is 0.150. The first kappa shape index (κ1) is 20.7. The van der Waals surface area contributed by atoms with Crippen LogP contribution in [-0.2, 0) is 9.92 Å². The van der Waals surface area contributed by atoms with Crippen LogP contribution in [0.4, 0.5) is 14.5 Å². The fourth-order valence-corrected chi connectivity index (χ4v) is 4.08. The summed E-state index contributed by atoms with van der Waals surface area (Å²) in [7, 11) is -3.73. The SMILES string of the molecule is CC(C)n1cncc1-c1nc(S(=N)(=O)Nc2ccncc2F)cn1-c1ccc(F)cc1. The van der Waals surface area contributed by atoms with Gasteiger partial charge in [-0.15, -0.1) is 0 Å². The van der Waals surface area contributed by atoms with Crippen molar-refractivity contribution in [3.63, 3.8) is 0 Å². The molecular weight excluding hydrogens is 424 g/mol. The van der Waals surface area contributed by atoms with E-state index in [2.05, 4.69) is 19.7 Å². The predicted octanol–water partition coefficient (Wildman–Crippen LogP) is 4.42. The van der Waals surface area contributed by atoms with Crippen LogP contribution >= 0.6 is 0 Å². The molecule has 8 nitrogen and oxygen atoms in total. The Kier molecular flexibility index (Phi) is 5.27. The van der Waals surface area contributed by atoms with Crippen molar-refractivity contribution >= 4 is 15.6 Å². The number of nitrogens with zero attached hydrogens (tertiary/aromatic N) is 5. The second-order valence-corrected chi connectivity index (χ2v) is 8.78. The third-order valence-corrected chi connectivity index (χ3v) is 5.85. The summed E-state index contributed by atoms with van der Waals surface area (Å²) in [6, 6.07) is 7.02. The average molecular weight is 443 g/mol. The van der Waals surface area contributed by atoms with Gasteiger partial charge in [-0.25, -0.2) is 27.7 Å². The van der Waals surface area contributed by atoms with E-state index in [1.807, 2.05) is 18.4 Å². The number of aromatic nitrogens is 5. The summed E-state index contributed by atoms with van der Waals surface area (Å²) in [4.78, 5) is 12.3. The highest BCUT2D eigenvalue weighted by Gasteiger charge is 2.23. The molecule has 2 N–H and O–H groups in total. The first-order valence-electron chi connectivity index (χ1n) is 9.30. The third kappa shape index (κ3) is 4.04. The zero-order valence-electron chi connectivity index (χ0n) is 16.7. The Bertz CT molecular complexity index is 1330. The number of hydrogen-bond donors (Lipinski definition) is 2. The van der Waals surface area contributed by atoms with E-state index in [1.165, 1.54) is 30.6 Å². The molecule has 11 heteroatoms. The van der Waals surface area contributed by atoms with Crippen LogP contribution in [0, 0.1) is 16.4 Å². The number of imidazole rings is 2. The number of halogens is 2. The van der Waals surface area contributed by atoms with Crippen molar-refractivity contribution in [2.75, 3.05) is 4.72 Å². The molecule has 0 radical (unpaired) electrons. The Hall–Kier alpha value is -3.60. The predicted molar refractivity (Wildman–Crippen MR) is 112 cm³/mol. The van der Waals surface area contributed by atoms with Gasteiger partial charge < -0.3 is 4.57 Å². The summed E-state index contributed by atoms with van der Waals surface area (Å²) < 4.78 is 54.8. The first-order chi connectivity index (χ1) is 14.8. The molecule has 0 amide bonds. The molecule has 0 fully saturated rings. The molecule has 0 aliphatic heterocycles. The van der Waals surface area contributed by atoms with Gasteiger partial charge in [0.15, 0.2) is 26.6 Å². The summed E-state index contributed by atoms with van der Waals surface area (Å²) in [6.07, 6.45) is 6.95. The van der Waals surface area contributed by atoms with Gasteiger partial charge >= 0.3 is 0 Å². The lowest BCUT2D eigenvalue weighted by atomic mass is 10.3. The summed E-state index contributed by atoms with van der Waals surface area (Å²) in [5.41, 5.74) is 1.05. The van der Waals surface area contributed by atoms with Crippen LogP contribution in [0.25, 0.3) is 17.2 Å². The van der Waals surface area contributed by atoms with E-state index >= 15 is 0 Å². The molecule has 31 heavy (non-hydrogen) atoms. The molecule has 0 bridgehead atoms. The maximum atomic E-state index is 14.0. The zero-order chi connectivity index (χ0) is 22.2. The Morgan fingerprint density at radius 3 is 2.52 bits per heavy atom. The lowest BCUT2D eigenvalue weighted by Crippen LogP contribution is -2.13. The van der Waals surface area contributed by atoms with Gasteiger partial charge in [-0.05, 0) is 44.2 Å². The van der Waals surface area contributed by atoms with Crippen LogP contribution in [-0.4, -0.2) is 28.3 Å². The summed E-state index contributed by atoms with van der Waals surface area (Å²) in [6.45, 7) is 3.94. The van der Waals surface area contributed by atoms with Crippen molar-refractivity contribution in [1.29, 1.82) is 4.78 Å². The monoisotopic (exact) mass is 443 g/mol. The topological polar surface area (TPSA) is 101 Å². The molecule has 0 aliphatic rings. The zero-order valence-corrected chi connectivity index (χ0v) is 17.5. The Morgan fingerprint density at radius 1 is 1.10 bits per heavy atom. The van der Waals surface area contributed by atoms with E-state index in [0.717, 1.165) is 6.20 Å². The summed E-state index contributed by atoms with van der Waals surface area (Å²) in [5.74, 6) is -0.777. The molecule has 160 valence electrons. The van der Waals surface area contributed by atoms with E-state index in [4.69, 9.17) is 4.78 Å². The van der Waals surface area contributed by atoms with E-state index in [1.54, 1.807) is 29.2 Å². The smallest absolute Gasteiger partial charge is 0.175 e. The Balaban J connectivity index is 1.86. The van der Waals surface area contributed by atoms with Crippen molar-refractivity contribution in [2.45, 2.75) is 24.9 Å². The largest absolute Gasteiger partial charge is 0.326 e. The maximum absolute atomic E-state index is 14.0. The first-order valence-corrected chi connectivity index (χ1v) is 10.9. The average Bonchev–Trinajstić information content (AvgIpc) is 3.37. The van der Waals surface area contributed by atoms with E-state index in [0.29, 0.717) is 17.2 Å². The van der Waals surface area contributed by atoms with Crippen LogP contribution in [0.15, 0.2) is 66.5 Å². The van der Waals surface area contributed by atoms with Crippen LogP contribution < -0.4 is 4.72 Å². The standard InChI is InChI=1S/C20H19F2N7OS/c1-13(2)29-12-25-10-18(29)20-26-19(11-28(20)15-5-3-14(21)4-6-15)31(23,30)27-17-7-8-24-9-16(17)22/h3-13H,1-2H3,(H2,23,24,27,30). The summed E-state index contributed by atoms with van der Waals surface area (Å²) in [5, 5.41) is -0.112. The Morgan fingerprint density at radius 2 is 1.84 bits per heavy atom. The van der Waals surface area contributed by atoms with Gasteiger partial charge in [-0.2, -0.15) is 0 Å². The van der Waals surface area contributed by atoms with Gasteiger partial charge in [0.2, 0.25) is 0 Å². The molecule has 4 rings (SSSR count). The van der Waals surface area contributed by atoms with Crippen molar-refractivity contribution in [1.82, 2.24) is 24.1 Å². The highest BCUT2D eigenvalue weighted by Crippen LogP contribution is 2.28. The Labute approximate surface area is 177 Å². The van der Waals surface area contributed by atoms with Gasteiger partial charge in [-0.1, -0.05) is 0 Å². The van der Waals surface area contributed by atoms with Crippen LogP contribution in [0.5, 0.6) is 0 Å². The third-order valence-electron chi connectivity index (χ3n) is 4.56. The molecule has 1 unspecified atom stereocenters. The minimum atomic E-state index is -3.73. The fourth-order valence-electron chi connectivity index (χ4n) is 3.03. The van der Waals surface area contributed by atoms with Crippen LogP contribution in [0.2, 0.25) is 0 Å². The van der Waals surface area contributed by atoms with Gasteiger partial charge in [0, 0.05) is 24.1 Å². The summed E-state index contributed by atoms with van der Waals surface area (Å²) >= 11 is 0. The quantitative estimate of drug-likeness (QED) is 0.460. The van der Waals surface area contributed by atoms with Crippen LogP contribution in [0.3, 0.4) is 0 Å². The maximum Gasteiger partial charge on any atom is 0.175 e. The van der Waals surface area contributed by atoms with Gasteiger partial charge in [0.05, 0.1) is 24.4 Å². The minimum absolute atomic E-state index is 0.0590. The lowest BCUT2D eigenvalue weighted by Gasteiger charge is -2.13. The second kappa shape index (κ2) is 7.91. The number of pyridine rings is 1. The normalized spacial score (nSPS) is 13.3. The molecule has 4 aromatic rings. The number of benzene rings is 1. The van der Waals surface area contributed by atoms with Gasteiger partial charge in [0.25, 0.3) is 0 Å². The van der Waals surface area contributed by atoms with Crippen LogP contribution in [0.1, 0.15) is 19.9 Å². The highest BCUT2D eigenvalue weighted by molar-refractivity contribution is 7.93. The van der Waals surface area contributed by atoms with Crippen molar-refractivity contribution in [3.05, 3.63) is 73.1 Å². The number of hydrogen-bond acceptors (Lipinski definition) is 5. The number of anilines is 1. The van der Waals surface area contributed by atoms with Gasteiger partial charge in [0.1, 0.15) is 11.5 Å². The number of nitrogens with one attached hydrogen (secondary N) is 2. The molecule has 0 aliphatic carbocycles. The van der Waals surface area contributed by atoms with Gasteiger partial charge in [-0.3, -0.25) is 14.3 Å². The van der Waals surface area contributed by atoms with Crippen molar-refractivity contribution in [2.24, 2.45) is 0 Å². The molecule has 3 heterocycles. The highest BCUT2D eigenvalue weighted by atomic mass is 32.2.